The van der Waals surface area contributed by atoms with Gasteiger partial charge in [0, 0.05) is 11.0 Å². The molecule has 1 amide bonds. The smallest absolute Gasteiger partial charge is 0.325 e. The summed E-state index contributed by atoms with van der Waals surface area (Å²) in [5, 5.41) is 20.4. The highest BCUT2D eigenvalue weighted by molar-refractivity contribution is 8.30. The highest BCUT2D eigenvalue weighted by Crippen LogP contribution is 2.49. The van der Waals surface area contributed by atoms with Crippen LogP contribution in [0.5, 0.6) is 5.75 Å². The van der Waals surface area contributed by atoms with Crippen LogP contribution in [-0.4, -0.2) is 62.4 Å². The highest BCUT2D eigenvalue weighted by atomic mass is 32.2. The van der Waals surface area contributed by atoms with Crippen LogP contribution < -0.4 is 24.4 Å². The molecule has 40 heavy (non-hydrogen) atoms. The number of nitrogens with zero attached hydrogens (tertiary/aromatic N) is 3. The van der Waals surface area contributed by atoms with E-state index in [0.717, 1.165) is 38.2 Å². The normalized spacial score (nSPS) is 18.1. The molecular weight excluding hydrogens is 599 g/mol. The van der Waals surface area contributed by atoms with Gasteiger partial charge in [0.1, 0.15) is 28.4 Å². The average Bonchev–Trinajstić information content (AvgIpc) is 3.49. The van der Waals surface area contributed by atoms with E-state index in [9.17, 15) is 29.5 Å². The number of carbonyl (C=O) groups excluding carboxylic acids is 2. The lowest BCUT2D eigenvalue weighted by Gasteiger charge is -2.23. The summed E-state index contributed by atoms with van der Waals surface area (Å²) in [6.45, 7) is 5.05. The molecule has 2 aromatic rings. The zero-order valence-electron chi connectivity index (χ0n) is 21.8. The van der Waals surface area contributed by atoms with Crippen molar-refractivity contribution in [1.29, 1.82) is 0 Å². The van der Waals surface area contributed by atoms with Crippen molar-refractivity contribution in [1.82, 2.24) is 9.63 Å². The Morgan fingerprint density at radius 2 is 1.90 bits per heavy atom. The van der Waals surface area contributed by atoms with E-state index in [1.54, 1.807) is 20.1 Å². The number of esters is 1. The van der Waals surface area contributed by atoms with Gasteiger partial charge in [0.15, 0.2) is 4.32 Å². The van der Waals surface area contributed by atoms with E-state index >= 15 is 0 Å². The van der Waals surface area contributed by atoms with Gasteiger partial charge in [-0.2, -0.15) is 5.06 Å². The Hall–Kier alpha value is -3.11. The van der Waals surface area contributed by atoms with Gasteiger partial charge < -0.3 is 19.5 Å². The first kappa shape index (κ1) is 29.9. The topological polar surface area (TPSA) is 139 Å². The number of aromatic nitrogens is 1. The van der Waals surface area contributed by atoms with Crippen LogP contribution in [0.3, 0.4) is 0 Å². The molecule has 0 unspecified atom stereocenters. The van der Waals surface area contributed by atoms with Gasteiger partial charge >= 0.3 is 11.9 Å². The van der Waals surface area contributed by atoms with E-state index < -0.39 is 29.9 Å². The highest BCUT2D eigenvalue weighted by Gasteiger charge is 2.34. The van der Waals surface area contributed by atoms with E-state index in [1.807, 2.05) is 36.9 Å². The minimum atomic E-state index is -1.27. The van der Waals surface area contributed by atoms with E-state index in [2.05, 4.69) is 0 Å². The Labute approximate surface area is 246 Å². The second-order valence-electron chi connectivity index (χ2n) is 8.76. The number of fused-ring (bicyclic) bond motifs is 1. The number of allylic oxidation sites excluding steroid dienone is 1. The number of thiazole rings is 1. The minimum absolute atomic E-state index is 0.0343. The monoisotopic (exact) mass is 623 g/mol. The average molecular weight is 624 g/mol. The van der Waals surface area contributed by atoms with Crippen molar-refractivity contribution in [3.05, 3.63) is 48.4 Å². The zero-order chi connectivity index (χ0) is 29.3. The van der Waals surface area contributed by atoms with Gasteiger partial charge in [-0.15, -0.1) is 11.3 Å². The molecule has 15 heteroatoms. The molecule has 0 aliphatic carbocycles. The zero-order valence-corrected chi connectivity index (χ0v) is 25.1. The van der Waals surface area contributed by atoms with Crippen molar-refractivity contribution in [3.63, 3.8) is 0 Å². The SMILES string of the molecule is CCOC(=O)CN1/C(=C(\C=c2\s/c(=C3\SC(=S)N(O)C3=O)n(CC(=O)O)c2=O)C(C)C)Sc2ccc(OC)cc21. The second kappa shape index (κ2) is 12.2. The maximum Gasteiger partial charge on any atom is 0.325 e. The Balaban J connectivity index is 1.97. The molecule has 212 valence electrons. The summed E-state index contributed by atoms with van der Waals surface area (Å²) in [6, 6.07) is 5.52. The third-order valence-electron chi connectivity index (χ3n) is 5.80. The lowest BCUT2D eigenvalue weighted by Crippen LogP contribution is -2.35. The van der Waals surface area contributed by atoms with E-state index in [1.165, 1.54) is 11.8 Å². The number of anilines is 1. The molecule has 0 bridgehead atoms. The van der Waals surface area contributed by atoms with Crippen LogP contribution in [0.4, 0.5) is 5.69 Å². The van der Waals surface area contributed by atoms with Crippen molar-refractivity contribution >= 4 is 85.9 Å². The van der Waals surface area contributed by atoms with Crippen molar-refractivity contribution < 1.29 is 34.2 Å². The Morgan fingerprint density at radius 1 is 1.18 bits per heavy atom. The van der Waals surface area contributed by atoms with Crippen molar-refractivity contribution in [2.24, 2.45) is 5.92 Å². The number of amides is 1. The Kier molecular flexibility index (Phi) is 9.09. The Morgan fingerprint density at radius 3 is 2.48 bits per heavy atom. The number of carboxylic acid groups (broad SMARTS) is 1. The number of thiocarbonyl (C=S) groups is 1. The van der Waals surface area contributed by atoms with E-state index in [0.29, 0.717) is 21.4 Å². The maximum atomic E-state index is 13.5. The largest absolute Gasteiger partial charge is 0.497 e. The quantitative estimate of drug-likeness (QED) is 0.253. The molecule has 0 saturated carbocycles. The molecule has 0 spiro atoms. The molecule has 1 aromatic carbocycles. The van der Waals surface area contributed by atoms with Crippen LogP contribution in [0.1, 0.15) is 20.8 Å². The van der Waals surface area contributed by atoms with Gasteiger partial charge in [-0.25, -0.2) is 0 Å². The van der Waals surface area contributed by atoms with Gasteiger partial charge in [-0.3, -0.25) is 29.0 Å². The first-order chi connectivity index (χ1) is 19.0. The number of methoxy groups -OCH3 is 1. The molecule has 0 atom stereocenters. The van der Waals surface area contributed by atoms with E-state index in [4.69, 9.17) is 21.7 Å². The molecule has 1 aromatic heterocycles. The summed E-state index contributed by atoms with van der Waals surface area (Å²) in [6.07, 6.45) is 1.66. The summed E-state index contributed by atoms with van der Waals surface area (Å²) in [7, 11) is 1.55. The number of aliphatic carboxylic acids is 1. The third kappa shape index (κ3) is 5.83. The number of benzene rings is 1. The van der Waals surface area contributed by atoms with Crippen LogP contribution in [0.25, 0.3) is 11.0 Å². The first-order valence-electron chi connectivity index (χ1n) is 11.9. The first-order valence-corrected chi connectivity index (χ1v) is 14.8. The summed E-state index contributed by atoms with van der Waals surface area (Å²) in [4.78, 5) is 52.9. The third-order valence-corrected chi connectivity index (χ3v) is 9.62. The van der Waals surface area contributed by atoms with Crippen LogP contribution in [0, 0.1) is 5.92 Å². The lowest BCUT2D eigenvalue weighted by molar-refractivity contribution is -0.141. The molecule has 2 aliphatic heterocycles. The predicted octanol–water partition coefficient (Wildman–Crippen LogP) is 2.18. The number of hydrogen-bond donors (Lipinski definition) is 2. The van der Waals surface area contributed by atoms with E-state index in [-0.39, 0.29) is 37.5 Å². The van der Waals surface area contributed by atoms with Crippen LogP contribution >= 0.6 is 47.1 Å². The maximum absolute atomic E-state index is 13.5. The van der Waals surface area contributed by atoms with Gasteiger partial charge in [0.2, 0.25) is 0 Å². The molecule has 2 N–H and O–H groups in total. The minimum Gasteiger partial charge on any atom is -0.497 e. The number of rotatable bonds is 8. The number of carbonyl (C=O) groups is 3. The molecular formula is C25H25N3O8S4. The molecule has 1 saturated heterocycles. The summed E-state index contributed by atoms with van der Waals surface area (Å²) in [5.74, 6) is -2.06. The van der Waals surface area contributed by atoms with Gasteiger partial charge in [0.25, 0.3) is 11.5 Å². The number of hydrogen-bond acceptors (Lipinski definition) is 12. The molecule has 4 rings (SSSR count). The number of thioether (sulfide) groups is 2. The second-order valence-corrected chi connectivity index (χ2v) is 12.5. The van der Waals surface area contributed by atoms with Gasteiger partial charge in [-0.1, -0.05) is 25.6 Å². The fourth-order valence-electron chi connectivity index (χ4n) is 3.97. The summed E-state index contributed by atoms with van der Waals surface area (Å²) >= 11 is 8.13. The van der Waals surface area contributed by atoms with Gasteiger partial charge in [0.05, 0.1) is 29.0 Å². The number of carboxylic acids is 1. The molecule has 0 radical (unpaired) electrons. The lowest BCUT2D eigenvalue weighted by atomic mass is 10.0. The van der Waals surface area contributed by atoms with Gasteiger partial charge in [-0.05, 0) is 60.6 Å². The molecule has 3 heterocycles. The van der Waals surface area contributed by atoms with Crippen molar-refractivity contribution in [2.45, 2.75) is 32.2 Å². The van der Waals surface area contributed by atoms with Crippen LogP contribution in [0.2, 0.25) is 0 Å². The fourth-order valence-corrected chi connectivity index (χ4v) is 7.60. The number of hydroxylamine groups is 2. The summed E-state index contributed by atoms with van der Waals surface area (Å²) in [5.41, 5.74) is 0.851. The van der Waals surface area contributed by atoms with Crippen LogP contribution in [0.15, 0.2) is 38.5 Å². The standard InChI is InChI=1S/C25H25N3O8S4/c1-5-36-19(31)11-26-15-8-13(35-4)6-7-16(15)38-23(26)14(12(2)3)9-17-21(32)27(10-18(29)30)24(39-17)20-22(33)28(34)25(37)40-20/h6-9,12,34H,5,10-11H2,1-4H3,(H,29,30)/b17-9+,23-14-,24-20-. The van der Waals surface area contributed by atoms with Crippen molar-refractivity contribution in [3.8, 4) is 5.75 Å². The molecule has 11 nitrogen and oxygen atoms in total. The number of ether oxygens (including phenoxy) is 2. The molecule has 1 fully saturated rings. The Bertz CT molecular complexity index is 1620. The fraction of sp³-hybridized carbons (Fsp3) is 0.320. The van der Waals surface area contributed by atoms with Crippen LogP contribution in [-0.2, 0) is 25.7 Å². The predicted molar refractivity (Wildman–Crippen MR) is 157 cm³/mol. The van der Waals surface area contributed by atoms with Crippen molar-refractivity contribution in [2.75, 3.05) is 25.2 Å². The summed E-state index contributed by atoms with van der Waals surface area (Å²) < 4.78 is 11.7. The molecule has 2 aliphatic rings.